The number of benzene rings is 5. The van der Waals surface area contributed by atoms with Gasteiger partial charge in [0.05, 0.1) is 0 Å². The second-order valence-electron chi connectivity index (χ2n) is 9.14. The van der Waals surface area contributed by atoms with Crippen LogP contribution in [0.2, 0.25) is 5.02 Å². The van der Waals surface area contributed by atoms with Gasteiger partial charge in [0.1, 0.15) is 11.5 Å². The van der Waals surface area contributed by atoms with Gasteiger partial charge in [-0.15, -0.1) is 0 Å². The van der Waals surface area contributed by atoms with Crippen molar-refractivity contribution in [1.82, 2.24) is 0 Å². The van der Waals surface area contributed by atoms with Gasteiger partial charge in [-0.2, -0.15) is 0 Å². The van der Waals surface area contributed by atoms with Crippen LogP contribution in [0.4, 0.5) is 5.69 Å². The van der Waals surface area contributed by atoms with E-state index in [9.17, 15) is 0 Å². The van der Waals surface area contributed by atoms with Gasteiger partial charge in [0.2, 0.25) is 0 Å². The first kappa shape index (κ1) is 23.9. The molecule has 5 aromatic carbocycles. The molecule has 0 N–H and O–H groups in total. The lowest BCUT2D eigenvalue weighted by Gasteiger charge is -2.38. The zero-order valence-corrected chi connectivity index (χ0v) is 21.5. The molecule has 0 bridgehead atoms. The van der Waals surface area contributed by atoms with Crippen LogP contribution in [0.15, 0.2) is 152 Å². The number of hydrogen-bond donors (Lipinski definition) is 0. The Morgan fingerprint density at radius 3 is 1.76 bits per heavy atom. The van der Waals surface area contributed by atoms with Crippen LogP contribution < -0.4 is 15.0 Å². The molecule has 182 valence electrons. The summed E-state index contributed by atoms with van der Waals surface area (Å²) in [5, 5.41) is 0.722. The topological polar surface area (TPSA) is 12.5 Å². The molecule has 6 rings (SSSR count). The number of hydrogen-bond acceptors (Lipinski definition) is 2. The molecule has 38 heavy (non-hydrogen) atoms. The lowest BCUT2D eigenvalue weighted by molar-refractivity contribution is 0.483. The molecule has 0 aliphatic carbocycles. The summed E-state index contributed by atoms with van der Waals surface area (Å²) in [6.45, 7) is -0.0323. The highest BCUT2D eigenvalue weighted by molar-refractivity contribution is 6.94. The summed E-state index contributed by atoms with van der Waals surface area (Å²) in [7, 11) is 0. The second kappa shape index (κ2) is 10.9. The van der Waals surface area contributed by atoms with Crippen molar-refractivity contribution in [3.05, 3.63) is 168 Å². The van der Waals surface area contributed by atoms with Crippen LogP contribution in [0, 0.1) is 0 Å². The lowest BCUT2D eigenvalue weighted by atomic mass is 9.45. The Kier molecular flexibility index (Phi) is 6.84. The molecule has 5 aromatic rings. The molecule has 0 amide bonds. The fourth-order valence-electron chi connectivity index (χ4n) is 4.91. The van der Waals surface area contributed by atoms with E-state index in [4.69, 9.17) is 16.3 Å². The lowest BCUT2D eigenvalue weighted by Crippen LogP contribution is -2.50. The highest BCUT2D eigenvalue weighted by Crippen LogP contribution is 2.37. The van der Waals surface area contributed by atoms with Crippen LogP contribution in [-0.4, -0.2) is 6.85 Å². The number of para-hydroxylation sites is 1. The summed E-state index contributed by atoms with van der Waals surface area (Å²) in [6, 6.07) is 47.5. The number of allylic oxidation sites excluding steroid dienone is 2. The van der Waals surface area contributed by atoms with Gasteiger partial charge in [0, 0.05) is 16.4 Å². The molecule has 0 radical (unpaired) electrons. The summed E-state index contributed by atoms with van der Waals surface area (Å²) in [4.78, 5) is 2.41. The van der Waals surface area contributed by atoms with Crippen molar-refractivity contribution in [2.45, 2.75) is 0 Å². The molecule has 4 heteroatoms. The van der Waals surface area contributed by atoms with Gasteiger partial charge in [0.25, 0.3) is 0 Å². The Morgan fingerprint density at radius 1 is 0.526 bits per heavy atom. The van der Waals surface area contributed by atoms with E-state index < -0.39 is 0 Å². The molecular weight excluding hydrogens is 485 g/mol. The number of anilines is 1. The maximum atomic E-state index is 6.26. The average Bonchev–Trinajstić information content (AvgIpc) is 2.99. The summed E-state index contributed by atoms with van der Waals surface area (Å²) >= 11 is 6.26. The van der Waals surface area contributed by atoms with Gasteiger partial charge >= 0.3 is 6.85 Å². The molecule has 1 heterocycles. The van der Waals surface area contributed by atoms with Crippen LogP contribution in [0.3, 0.4) is 0 Å². The van der Waals surface area contributed by atoms with Crippen molar-refractivity contribution in [1.29, 1.82) is 0 Å². The minimum atomic E-state index is -0.0323. The fourth-order valence-corrected chi connectivity index (χ4v) is 5.04. The van der Waals surface area contributed by atoms with Crippen LogP contribution in [0.25, 0.3) is 11.2 Å². The van der Waals surface area contributed by atoms with Crippen LogP contribution in [0.1, 0.15) is 11.1 Å². The van der Waals surface area contributed by atoms with E-state index in [-0.39, 0.29) is 6.85 Å². The Morgan fingerprint density at radius 2 is 1.11 bits per heavy atom. The molecule has 0 spiro atoms. The molecular formula is C34H25BClNO. The minimum absolute atomic E-state index is 0.0323. The number of rotatable bonds is 6. The minimum Gasteiger partial charge on any atom is -0.457 e. The van der Waals surface area contributed by atoms with Crippen molar-refractivity contribution in [2.24, 2.45) is 0 Å². The van der Waals surface area contributed by atoms with Gasteiger partial charge in [-0.3, -0.25) is 0 Å². The van der Waals surface area contributed by atoms with Crippen molar-refractivity contribution >= 4 is 40.8 Å². The first-order valence-corrected chi connectivity index (χ1v) is 13.0. The van der Waals surface area contributed by atoms with E-state index in [0.29, 0.717) is 0 Å². The molecule has 0 aromatic heterocycles. The second-order valence-corrected chi connectivity index (χ2v) is 9.58. The van der Waals surface area contributed by atoms with E-state index in [1.165, 1.54) is 16.5 Å². The van der Waals surface area contributed by atoms with Crippen molar-refractivity contribution < 1.29 is 4.74 Å². The molecule has 1 aliphatic heterocycles. The molecule has 0 fully saturated rings. The number of halogens is 1. The average molecular weight is 510 g/mol. The Labute approximate surface area is 229 Å². The van der Waals surface area contributed by atoms with Gasteiger partial charge < -0.3 is 9.55 Å². The van der Waals surface area contributed by atoms with Gasteiger partial charge in [-0.05, 0) is 71.2 Å². The third-order valence-corrected chi connectivity index (χ3v) is 6.94. The van der Waals surface area contributed by atoms with Crippen LogP contribution in [0.5, 0.6) is 11.5 Å². The van der Waals surface area contributed by atoms with Crippen molar-refractivity contribution in [3.8, 4) is 11.5 Å². The van der Waals surface area contributed by atoms with E-state index in [2.05, 4.69) is 102 Å². The molecule has 0 saturated carbocycles. The van der Waals surface area contributed by atoms with Crippen LogP contribution >= 0.6 is 11.6 Å². The van der Waals surface area contributed by atoms with E-state index in [1.807, 2.05) is 54.6 Å². The largest absolute Gasteiger partial charge is 0.457 e. The van der Waals surface area contributed by atoms with E-state index in [1.54, 1.807) is 0 Å². The monoisotopic (exact) mass is 509 g/mol. The Bertz CT molecular complexity index is 1570. The highest BCUT2D eigenvalue weighted by Gasteiger charge is 2.35. The van der Waals surface area contributed by atoms with Crippen LogP contribution in [-0.2, 0) is 0 Å². The Balaban J connectivity index is 1.48. The molecule has 0 saturated heterocycles. The van der Waals surface area contributed by atoms with Gasteiger partial charge in [-0.1, -0.05) is 114 Å². The summed E-state index contributed by atoms with van der Waals surface area (Å²) in [5.74, 6) is 1.61. The highest BCUT2D eigenvalue weighted by atomic mass is 35.5. The quantitative estimate of drug-likeness (QED) is 0.213. The predicted octanol–water partition coefficient (Wildman–Crippen LogP) is 8.51. The summed E-state index contributed by atoms with van der Waals surface area (Å²) in [5.41, 5.74) is 6.92. The van der Waals surface area contributed by atoms with E-state index >= 15 is 0 Å². The molecule has 1 aliphatic rings. The number of nitrogens with zero attached hydrogens (tertiary/aromatic N) is 1. The predicted molar refractivity (Wildman–Crippen MR) is 161 cm³/mol. The third kappa shape index (κ3) is 5.02. The summed E-state index contributed by atoms with van der Waals surface area (Å²) < 4.78 is 6.09. The molecule has 2 nitrogen and oxygen atoms in total. The zero-order valence-electron chi connectivity index (χ0n) is 20.7. The maximum Gasteiger partial charge on any atom is 0.328 e. The van der Waals surface area contributed by atoms with Crippen molar-refractivity contribution in [3.63, 3.8) is 0 Å². The van der Waals surface area contributed by atoms with E-state index in [0.717, 1.165) is 33.5 Å². The standard InChI is InChI=1S/C34H25BClNO/c36-29-18-16-27(17-19-29)34-25-24-33(26-10-4-1-5-11-26)35(28-12-6-2-7-13-28)37(34)30-20-22-32(23-21-30)38-31-14-8-3-9-15-31/h1-25H. The Hall–Kier alpha value is -4.47. The maximum absolute atomic E-state index is 6.26. The molecule has 0 unspecified atom stereocenters. The van der Waals surface area contributed by atoms with Crippen molar-refractivity contribution in [2.75, 3.05) is 4.81 Å². The fraction of sp³-hybridized carbons (Fsp3) is 0. The van der Waals surface area contributed by atoms with Gasteiger partial charge in [0.15, 0.2) is 0 Å². The normalized spacial score (nSPS) is 13.1. The number of ether oxygens (including phenoxy) is 1. The smallest absolute Gasteiger partial charge is 0.328 e. The van der Waals surface area contributed by atoms with Gasteiger partial charge in [-0.25, -0.2) is 0 Å². The summed E-state index contributed by atoms with van der Waals surface area (Å²) in [6.07, 6.45) is 4.46. The molecule has 0 atom stereocenters. The first-order valence-electron chi connectivity index (χ1n) is 12.7. The SMILES string of the molecule is Clc1ccc(C2=CC=C(c3ccccc3)B(c3ccccc3)N2c2ccc(Oc3ccccc3)cc2)cc1. The third-order valence-electron chi connectivity index (χ3n) is 6.69. The zero-order chi connectivity index (χ0) is 25.7. The first-order chi connectivity index (χ1) is 18.8.